The van der Waals surface area contributed by atoms with Gasteiger partial charge in [0.1, 0.15) is 12.0 Å². The highest BCUT2D eigenvalue weighted by atomic mass is 16.5. The number of carbonyl (C=O) groups excluding carboxylic acids is 3. The molecule has 0 aliphatic heterocycles. The summed E-state index contributed by atoms with van der Waals surface area (Å²) in [5.41, 5.74) is 1.39. The predicted molar refractivity (Wildman–Crippen MR) is 93.0 cm³/mol. The molecule has 0 atom stereocenters. The number of benzene rings is 2. The minimum atomic E-state index is -0.426. The number of aldehydes is 1. The maximum Gasteiger partial charge on any atom is 0.338 e. The first-order valence-electron chi connectivity index (χ1n) is 7.87. The lowest BCUT2D eigenvalue weighted by molar-refractivity contribution is -0.118. The van der Waals surface area contributed by atoms with Crippen LogP contribution in [0.15, 0.2) is 48.5 Å². The molecule has 25 heavy (non-hydrogen) atoms. The number of hydrogen-bond donors (Lipinski definition) is 1. The van der Waals surface area contributed by atoms with Gasteiger partial charge in [-0.05, 0) is 48.9 Å². The van der Waals surface area contributed by atoms with E-state index in [1.807, 2.05) is 6.92 Å². The van der Waals surface area contributed by atoms with Crippen LogP contribution in [0.3, 0.4) is 0 Å². The maximum atomic E-state index is 12.0. The molecule has 6 nitrogen and oxygen atoms in total. The molecule has 2 aromatic carbocycles. The van der Waals surface area contributed by atoms with Crippen molar-refractivity contribution in [3.05, 3.63) is 59.7 Å². The second-order valence-corrected chi connectivity index (χ2v) is 5.24. The molecular weight excluding hydrogens is 322 g/mol. The van der Waals surface area contributed by atoms with Crippen molar-refractivity contribution in [1.29, 1.82) is 0 Å². The second kappa shape index (κ2) is 9.22. The first-order chi connectivity index (χ1) is 12.1. The molecule has 0 saturated heterocycles. The highest BCUT2D eigenvalue weighted by Gasteiger charge is 2.09. The molecule has 0 aromatic heterocycles. The van der Waals surface area contributed by atoms with Crippen molar-refractivity contribution in [2.24, 2.45) is 0 Å². The Hall–Kier alpha value is -3.15. The van der Waals surface area contributed by atoms with Crippen LogP contribution in [0, 0.1) is 0 Å². The fourth-order valence-electron chi connectivity index (χ4n) is 1.99. The van der Waals surface area contributed by atoms with E-state index >= 15 is 0 Å². The number of ether oxygens (including phenoxy) is 2. The summed E-state index contributed by atoms with van der Waals surface area (Å²) in [6.45, 7) is 2.08. The van der Waals surface area contributed by atoms with Crippen molar-refractivity contribution < 1.29 is 23.9 Å². The van der Waals surface area contributed by atoms with E-state index in [2.05, 4.69) is 5.32 Å². The second-order valence-electron chi connectivity index (χ2n) is 5.24. The topological polar surface area (TPSA) is 81.7 Å². The molecule has 2 aromatic rings. The largest absolute Gasteiger partial charge is 0.484 e. The van der Waals surface area contributed by atoms with Crippen LogP contribution in [0.4, 0.5) is 5.69 Å². The van der Waals surface area contributed by atoms with E-state index in [1.54, 1.807) is 48.5 Å². The molecule has 0 spiro atoms. The molecule has 0 aliphatic carbocycles. The fraction of sp³-hybridized carbons (Fsp3) is 0.211. The lowest BCUT2D eigenvalue weighted by Crippen LogP contribution is -2.20. The predicted octanol–water partition coefficient (Wildman–Crippen LogP) is 3.08. The van der Waals surface area contributed by atoms with Crippen LogP contribution >= 0.6 is 0 Å². The van der Waals surface area contributed by atoms with Crippen molar-refractivity contribution in [3.8, 4) is 5.75 Å². The van der Waals surface area contributed by atoms with E-state index in [0.29, 0.717) is 29.2 Å². The zero-order valence-corrected chi connectivity index (χ0v) is 13.9. The van der Waals surface area contributed by atoms with Gasteiger partial charge >= 0.3 is 5.97 Å². The smallest absolute Gasteiger partial charge is 0.338 e. The average Bonchev–Trinajstić information content (AvgIpc) is 2.65. The van der Waals surface area contributed by atoms with Gasteiger partial charge in [-0.1, -0.05) is 13.0 Å². The molecule has 0 unspecified atom stereocenters. The highest BCUT2D eigenvalue weighted by molar-refractivity contribution is 5.95. The van der Waals surface area contributed by atoms with E-state index in [-0.39, 0.29) is 12.5 Å². The summed E-state index contributed by atoms with van der Waals surface area (Å²) < 4.78 is 10.4. The summed E-state index contributed by atoms with van der Waals surface area (Å²) in [6, 6.07) is 12.9. The lowest BCUT2D eigenvalue weighted by Gasteiger charge is -2.09. The number of rotatable bonds is 8. The molecular formula is C19H19NO5. The van der Waals surface area contributed by atoms with E-state index in [4.69, 9.17) is 9.47 Å². The first-order valence-corrected chi connectivity index (χ1v) is 7.87. The van der Waals surface area contributed by atoms with Gasteiger partial charge < -0.3 is 14.8 Å². The number of esters is 1. The SMILES string of the molecule is CCCOC(=O)c1cccc(NC(=O)COc2ccc(C=O)cc2)c1. The molecule has 1 amide bonds. The van der Waals surface area contributed by atoms with Gasteiger partial charge in [-0.3, -0.25) is 9.59 Å². The molecule has 0 fully saturated rings. The Bertz CT molecular complexity index is 740. The monoisotopic (exact) mass is 341 g/mol. The van der Waals surface area contributed by atoms with Crippen molar-refractivity contribution in [2.45, 2.75) is 13.3 Å². The number of hydrogen-bond acceptors (Lipinski definition) is 5. The number of amides is 1. The lowest BCUT2D eigenvalue weighted by atomic mass is 10.2. The van der Waals surface area contributed by atoms with E-state index in [0.717, 1.165) is 12.7 Å². The van der Waals surface area contributed by atoms with E-state index in [1.165, 1.54) is 0 Å². The first kappa shape index (κ1) is 18.2. The third-order valence-electron chi connectivity index (χ3n) is 3.21. The van der Waals surface area contributed by atoms with Crippen LogP contribution in [0.2, 0.25) is 0 Å². The van der Waals surface area contributed by atoms with Crippen molar-refractivity contribution in [3.63, 3.8) is 0 Å². The quantitative estimate of drug-likeness (QED) is 0.589. The molecule has 0 aliphatic rings. The fourth-order valence-corrected chi connectivity index (χ4v) is 1.99. The van der Waals surface area contributed by atoms with Crippen LogP contribution in [0.25, 0.3) is 0 Å². The summed E-state index contributed by atoms with van der Waals surface area (Å²) in [5, 5.41) is 2.66. The van der Waals surface area contributed by atoms with Crippen molar-refractivity contribution >= 4 is 23.9 Å². The molecule has 130 valence electrons. The van der Waals surface area contributed by atoms with Gasteiger partial charge in [0.25, 0.3) is 5.91 Å². The molecule has 0 saturated carbocycles. The summed E-state index contributed by atoms with van der Waals surface area (Å²) in [5.74, 6) is -0.305. The maximum absolute atomic E-state index is 12.0. The van der Waals surface area contributed by atoms with Gasteiger partial charge in [-0.2, -0.15) is 0 Å². The third kappa shape index (κ3) is 5.76. The van der Waals surface area contributed by atoms with Gasteiger partial charge in [0, 0.05) is 11.3 Å². The van der Waals surface area contributed by atoms with Gasteiger partial charge in [0.15, 0.2) is 6.61 Å². The van der Waals surface area contributed by atoms with Crippen molar-refractivity contribution in [2.75, 3.05) is 18.5 Å². The Morgan fingerprint density at radius 3 is 2.56 bits per heavy atom. The van der Waals surface area contributed by atoms with Gasteiger partial charge in [0.05, 0.1) is 12.2 Å². The minimum Gasteiger partial charge on any atom is -0.484 e. The van der Waals surface area contributed by atoms with Crippen LogP contribution < -0.4 is 10.1 Å². The minimum absolute atomic E-state index is 0.190. The molecule has 0 bridgehead atoms. The Labute approximate surface area is 145 Å². The standard InChI is InChI=1S/C19H19NO5/c1-2-10-24-19(23)15-4-3-5-16(11-15)20-18(22)13-25-17-8-6-14(12-21)7-9-17/h3-9,11-12H,2,10,13H2,1H3,(H,20,22). The number of anilines is 1. The van der Waals surface area contributed by atoms with Crippen LogP contribution in [-0.2, 0) is 9.53 Å². The van der Waals surface area contributed by atoms with Gasteiger partial charge in [0.2, 0.25) is 0 Å². The molecule has 6 heteroatoms. The zero-order valence-electron chi connectivity index (χ0n) is 13.9. The number of nitrogens with one attached hydrogen (secondary N) is 1. The van der Waals surface area contributed by atoms with Crippen LogP contribution in [-0.4, -0.2) is 31.4 Å². The Balaban J connectivity index is 1.89. The van der Waals surface area contributed by atoms with Crippen LogP contribution in [0.1, 0.15) is 34.1 Å². The Morgan fingerprint density at radius 1 is 1.12 bits per heavy atom. The summed E-state index contributed by atoms with van der Waals surface area (Å²) in [7, 11) is 0. The average molecular weight is 341 g/mol. The van der Waals surface area contributed by atoms with E-state index in [9.17, 15) is 14.4 Å². The normalized spacial score (nSPS) is 9.96. The molecule has 1 N–H and O–H groups in total. The van der Waals surface area contributed by atoms with Crippen LogP contribution in [0.5, 0.6) is 5.75 Å². The van der Waals surface area contributed by atoms with Crippen molar-refractivity contribution in [1.82, 2.24) is 0 Å². The van der Waals surface area contributed by atoms with E-state index < -0.39 is 5.97 Å². The summed E-state index contributed by atoms with van der Waals surface area (Å²) in [4.78, 5) is 34.4. The zero-order chi connectivity index (χ0) is 18.1. The molecule has 2 rings (SSSR count). The summed E-state index contributed by atoms with van der Waals surface area (Å²) in [6.07, 6.45) is 1.47. The molecule has 0 radical (unpaired) electrons. The van der Waals surface area contributed by atoms with Gasteiger partial charge in [-0.15, -0.1) is 0 Å². The molecule has 0 heterocycles. The Morgan fingerprint density at radius 2 is 1.88 bits per heavy atom. The Kier molecular flexibility index (Phi) is 6.71. The highest BCUT2D eigenvalue weighted by Crippen LogP contribution is 2.13. The van der Waals surface area contributed by atoms with Gasteiger partial charge in [-0.25, -0.2) is 4.79 Å². The summed E-state index contributed by atoms with van der Waals surface area (Å²) >= 11 is 0. The number of carbonyl (C=O) groups is 3. The third-order valence-corrected chi connectivity index (χ3v) is 3.21.